The molecule has 0 unspecified atom stereocenters. The molecule has 0 aliphatic carbocycles. The first-order chi connectivity index (χ1) is 11.8. The van der Waals surface area contributed by atoms with Crippen LogP contribution in [0.2, 0.25) is 0 Å². The Morgan fingerprint density at radius 1 is 1.33 bits per heavy atom. The third-order valence-electron chi connectivity index (χ3n) is 4.59. The maximum atomic E-state index is 12.4. The number of carbonyl (C=O) groups is 1. The van der Waals surface area contributed by atoms with Crippen molar-refractivity contribution in [2.75, 3.05) is 25.0 Å². The van der Waals surface area contributed by atoms with Crippen LogP contribution >= 0.6 is 0 Å². The van der Waals surface area contributed by atoms with Crippen molar-refractivity contribution in [1.82, 2.24) is 20.3 Å². The van der Waals surface area contributed by atoms with Gasteiger partial charge in [-0.1, -0.05) is 5.21 Å². The number of piperidine rings is 1. The molecule has 1 amide bonds. The Morgan fingerprint density at radius 3 is 3.08 bits per heavy atom. The second-order valence-corrected chi connectivity index (χ2v) is 6.29. The lowest BCUT2D eigenvalue weighted by Gasteiger charge is -2.22. The molecule has 1 fully saturated rings. The molecule has 126 valence electrons. The number of benzene rings is 1. The van der Waals surface area contributed by atoms with Crippen molar-refractivity contribution in [3.05, 3.63) is 35.7 Å². The van der Waals surface area contributed by atoms with Crippen LogP contribution in [0.5, 0.6) is 5.75 Å². The summed E-state index contributed by atoms with van der Waals surface area (Å²) < 4.78 is 7.41. The summed E-state index contributed by atoms with van der Waals surface area (Å²) in [7, 11) is 0. The lowest BCUT2D eigenvalue weighted by atomic mass is 10.1. The number of rotatable bonds is 3. The predicted molar refractivity (Wildman–Crippen MR) is 89.4 cm³/mol. The smallest absolute Gasteiger partial charge is 0.277 e. The van der Waals surface area contributed by atoms with Gasteiger partial charge in [-0.2, -0.15) is 0 Å². The first-order valence-electron chi connectivity index (χ1n) is 8.49. The van der Waals surface area contributed by atoms with Crippen LogP contribution < -0.4 is 15.4 Å². The Bertz CT molecular complexity index is 736. The minimum Gasteiger partial charge on any atom is -0.493 e. The minimum atomic E-state index is -0.230. The van der Waals surface area contributed by atoms with E-state index >= 15 is 0 Å². The molecule has 2 aliphatic heterocycles. The van der Waals surface area contributed by atoms with Gasteiger partial charge in [-0.05, 0) is 62.5 Å². The van der Waals surface area contributed by atoms with Crippen molar-refractivity contribution in [3.8, 4) is 5.75 Å². The summed E-state index contributed by atoms with van der Waals surface area (Å²) in [5, 5.41) is 14.4. The Morgan fingerprint density at radius 2 is 2.21 bits per heavy atom. The van der Waals surface area contributed by atoms with E-state index in [1.54, 1.807) is 6.20 Å². The summed E-state index contributed by atoms with van der Waals surface area (Å²) in [4.78, 5) is 12.4. The highest BCUT2D eigenvalue weighted by molar-refractivity contribution is 6.02. The van der Waals surface area contributed by atoms with Crippen LogP contribution in [0.3, 0.4) is 0 Å². The van der Waals surface area contributed by atoms with E-state index in [1.165, 1.54) is 0 Å². The molecule has 1 saturated heterocycles. The molecule has 24 heavy (non-hydrogen) atoms. The number of aromatic nitrogens is 3. The summed E-state index contributed by atoms with van der Waals surface area (Å²) in [6.45, 7) is 2.71. The number of anilines is 1. The number of aryl methyl sites for hydroxylation is 1. The highest BCUT2D eigenvalue weighted by Gasteiger charge is 2.19. The molecule has 1 aromatic heterocycles. The van der Waals surface area contributed by atoms with Gasteiger partial charge in [0.1, 0.15) is 5.75 Å². The van der Waals surface area contributed by atoms with E-state index in [4.69, 9.17) is 4.74 Å². The highest BCUT2D eigenvalue weighted by Crippen LogP contribution is 2.27. The van der Waals surface area contributed by atoms with Gasteiger partial charge in [-0.25, -0.2) is 4.68 Å². The molecule has 2 aromatic rings. The van der Waals surface area contributed by atoms with Crippen LogP contribution in [0.4, 0.5) is 5.69 Å². The molecule has 7 nitrogen and oxygen atoms in total. The quantitative estimate of drug-likeness (QED) is 0.898. The van der Waals surface area contributed by atoms with Crippen molar-refractivity contribution in [2.24, 2.45) is 0 Å². The van der Waals surface area contributed by atoms with E-state index < -0.39 is 0 Å². The maximum absolute atomic E-state index is 12.4. The summed E-state index contributed by atoms with van der Waals surface area (Å²) in [5.74, 6) is 0.683. The summed E-state index contributed by atoms with van der Waals surface area (Å²) >= 11 is 0. The molecule has 1 aromatic carbocycles. The van der Waals surface area contributed by atoms with Crippen molar-refractivity contribution < 1.29 is 9.53 Å². The normalized spacial score (nSPS) is 17.8. The molecule has 7 heteroatoms. The molecule has 2 N–H and O–H groups in total. The van der Waals surface area contributed by atoms with Gasteiger partial charge in [0.05, 0.1) is 18.8 Å². The molecule has 0 bridgehead atoms. The highest BCUT2D eigenvalue weighted by atomic mass is 16.5. The number of hydrogen-bond donors (Lipinski definition) is 2. The van der Waals surface area contributed by atoms with E-state index in [0.717, 1.165) is 62.4 Å². The van der Waals surface area contributed by atoms with Gasteiger partial charge >= 0.3 is 0 Å². The number of nitrogens with one attached hydrogen (secondary N) is 2. The molecule has 0 saturated carbocycles. The van der Waals surface area contributed by atoms with Gasteiger partial charge in [0, 0.05) is 5.69 Å². The number of carbonyl (C=O) groups excluding carboxylic acids is 1. The molecule has 0 radical (unpaired) electrons. The number of hydrogen-bond acceptors (Lipinski definition) is 5. The third kappa shape index (κ3) is 3.12. The Hall–Kier alpha value is -2.41. The Labute approximate surface area is 140 Å². The van der Waals surface area contributed by atoms with Gasteiger partial charge in [0.15, 0.2) is 5.69 Å². The van der Waals surface area contributed by atoms with E-state index in [-0.39, 0.29) is 5.91 Å². The average Bonchev–Trinajstić information content (AvgIpc) is 3.13. The minimum absolute atomic E-state index is 0.230. The fourth-order valence-corrected chi connectivity index (χ4v) is 3.26. The fourth-order valence-electron chi connectivity index (χ4n) is 3.26. The maximum Gasteiger partial charge on any atom is 0.277 e. The van der Waals surface area contributed by atoms with Gasteiger partial charge in [0.25, 0.3) is 5.91 Å². The van der Waals surface area contributed by atoms with Crippen LogP contribution in [0.1, 0.15) is 41.4 Å². The molecule has 4 rings (SSSR count). The number of amides is 1. The van der Waals surface area contributed by atoms with E-state index in [0.29, 0.717) is 11.7 Å². The molecule has 2 aliphatic rings. The zero-order valence-electron chi connectivity index (χ0n) is 13.5. The van der Waals surface area contributed by atoms with Crippen LogP contribution in [0.25, 0.3) is 0 Å². The monoisotopic (exact) mass is 327 g/mol. The zero-order valence-corrected chi connectivity index (χ0v) is 13.5. The van der Waals surface area contributed by atoms with E-state index in [1.807, 2.05) is 22.9 Å². The zero-order chi connectivity index (χ0) is 16.4. The van der Waals surface area contributed by atoms with Crippen LogP contribution in [-0.2, 0) is 6.42 Å². The van der Waals surface area contributed by atoms with Crippen molar-refractivity contribution >= 4 is 11.6 Å². The SMILES string of the molecule is O=C(Nc1ccc2c(c1)CCCO2)c1cn(C2CCNCC2)nn1. The molecular weight excluding hydrogens is 306 g/mol. The fraction of sp³-hybridized carbons (Fsp3) is 0.471. The van der Waals surface area contributed by atoms with Gasteiger partial charge < -0.3 is 15.4 Å². The average molecular weight is 327 g/mol. The van der Waals surface area contributed by atoms with Crippen molar-refractivity contribution in [1.29, 1.82) is 0 Å². The topological polar surface area (TPSA) is 81.1 Å². The standard InChI is InChI=1S/C17H21N5O2/c23-17(15-11-22(21-20-15)14-5-7-18-8-6-14)19-13-3-4-16-12(10-13)2-1-9-24-16/h3-4,10-11,14,18H,1-2,5-9H2,(H,19,23). The Kier molecular flexibility index (Phi) is 4.17. The van der Waals surface area contributed by atoms with Gasteiger partial charge in [-0.15, -0.1) is 5.10 Å². The number of nitrogens with zero attached hydrogens (tertiary/aromatic N) is 3. The molecule has 0 spiro atoms. The predicted octanol–water partition coefficient (Wildman–Crippen LogP) is 1.78. The van der Waals surface area contributed by atoms with Crippen molar-refractivity contribution in [3.63, 3.8) is 0 Å². The summed E-state index contributed by atoms with van der Waals surface area (Å²) in [5.41, 5.74) is 2.25. The Balaban J connectivity index is 1.45. The first-order valence-corrected chi connectivity index (χ1v) is 8.49. The van der Waals surface area contributed by atoms with E-state index in [2.05, 4.69) is 20.9 Å². The van der Waals surface area contributed by atoms with Crippen LogP contribution in [0, 0.1) is 0 Å². The number of ether oxygens (including phenoxy) is 1. The van der Waals surface area contributed by atoms with Crippen LogP contribution in [0.15, 0.2) is 24.4 Å². The summed E-state index contributed by atoms with van der Waals surface area (Å²) in [6.07, 6.45) is 5.75. The third-order valence-corrected chi connectivity index (χ3v) is 4.59. The summed E-state index contributed by atoms with van der Waals surface area (Å²) in [6, 6.07) is 6.07. The molecule has 3 heterocycles. The van der Waals surface area contributed by atoms with Gasteiger partial charge in [-0.3, -0.25) is 4.79 Å². The molecular formula is C17H21N5O2. The second kappa shape index (κ2) is 6.60. The van der Waals surface area contributed by atoms with Crippen molar-refractivity contribution in [2.45, 2.75) is 31.7 Å². The lowest BCUT2D eigenvalue weighted by Crippen LogP contribution is -2.29. The van der Waals surface area contributed by atoms with E-state index in [9.17, 15) is 4.79 Å². The largest absolute Gasteiger partial charge is 0.493 e. The second-order valence-electron chi connectivity index (χ2n) is 6.29. The molecule has 0 atom stereocenters. The number of fused-ring (bicyclic) bond motifs is 1. The van der Waals surface area contributed by atoms with Gasteiger partial charge in [0.2, 0.25) is 0 Å². The van der Waals surface area contributed by atoms with Crippen LogP contribution in [-0.4, -0.2) is 40.6 Å². The lowest BCUT2D eigenvalue weighted by molar-refractivity contribution is 0.102. The first kappa shape index (κ1) is 15.1.